The first kappa shape index (κ1) is 13.8. The minimum atomic E-state index is -0.678. The molecule has 0 aromatic rings. The van der Waals surface area contributed by atoms with E-state index < -0.39 is 5.60 Å². The summed E-state index contributed by atoms with van der Waals surface area (Å²) in [7, 11) is 0. The summed E-state index contributed by atoms with van der Waals surface area (Å²) in [5.41, 5.74) is -0.678. The van der Waals surface area contributed by atoms with E-state index in [0.717, 1.165) is 32.4 Å². The zero-order chi connectivity index (χ0) is 13.2. The Balaban J connectivity index is 1.81. The molecule has 0 aromatic heterocycles. The highest BCUT2D eigenvalue weighted by Crippen LogP contribution is 2.31. The SMILES string of the molecule is CC1CCCC(O)(CNC(=O)C2CNCC2C)C1. The lowest BCUT2D eigenvalue weighted by Crippen LogP contribution is -2.47. The average molecular weight is 254 g/mol. The van der Waals surface area contributed by atoms with Crippen LogP contribution in [0.15, 0.2) is 0 Å². The molecule has 1 aliphatic heterocycles. The largest absolute Gasteiger partial charge is 0.388 e. The predicted molar refractivity (Wildman–Crippen MR) is 71.1 cm³/mol. The lowest BCUT2D eigenvalue weighted by molar-refractivity contribution is -0.127. The Morgan fingerprint density at radius 3 is 2.83 bits per heavy atom. The quantitative estimate of drug-likeness (QED) is 0.701. The third-order valence-corrected chi connectivity index (χ3v) is 4.51. The van der Waals surface area contributed by atoms with E-state index in [1.54, 1.807) is 0 Å². The number of rotatable bonds is 3. The molecule has 2 aliphatic rings. The van der Waals surface area contributed by atoms with Crippen LogP contribution >= 0.6 is 0 Å². The van der Waals surface area contributed by atoms with Crippen LogP contribution in [0.25, 0.3) is 0 Å². The molecular formula is C14H26N2O2. The van der Waals surface area contributed by atoms with E-state index in [1.165, 1.54) is 6.42 Å². The molecule has 1 saturated carbocycles. The summed E-state index contributed by atoms with van der Waals surface area (Å²) >= 11 is 0. The number of aliphatic hydroxyl groups is 1. The molecule has 3 N–H and O–H groups in total. The van der Waals surface area contributed by atoms with Crippen LogP contribution in [0.1, 0.15) is 39.5 Å². The molecule has 4 atom stereocenters. The highest BCUT2D eigenvalue weighted by Gasteiger charge is 2.35. The summed E-state index contributed by atoms with van der Waals surface area (Å²) in [5, 5.41) is 16.7. The summed E-state index contributed by atoms with van der Waals surface area (Å²) in [4.78, 5) is 12.1. The van der Waals surface area contributed by atoms with Gasteiger partial charge in [0.1, 0.15) is 0 Å². The van der Waals surface area contributed by atoms with Crippen molar-refractivity contribution in [2.75, 3.05) is 19.6 Å². The van der Waals surface area contributed by atoms with E-state index in [-0.39, 0.29) is 11.8 Å². The van der Waals surface area contributed by atoms with E-state index in [2.05, 4.69) is 24.5 Å². The molecule has 4 unspecified atom stereocenters. The van der Waals surface area contributed by atoms with Crippen molar-refractivity contribution in [3.8, 4) is 0 Å². The van der Waals surface area contributed by atoms with Gasteiger partial charge >= 0.3 is 0 Å². The Morgan fingerprint density at radius 1 is 1.44 bits per heavy atom. The van der Waals surface area contributed by atoms with Crippen LogP contribution in [0, 0.1) is 17.8 Å². The van der Waals surface area contributed by atoms with Gasteiger partial charge in [0.2, 0.25) is 5.91 Å². The number of carbonyl (C=O) groups is 1. The van der Waals surface area contributed by atoms with Gasteiger partial charge in [0.15, 0.2) is 0 Å². The normalized spacial score (nSPS) is 40.7. The molecule has 104 valence electrons. The second kappa shape index (κ2) is 5.57. The van der Waals surface area contributed by atoms with Gasteiger partial charge < -0.3 is 15.7 Å². The third-order valence-electron chi connectivity index (χ3n) is 4.51. The van der Waals surface area contributed by atoms with Crippen LogP contribution in [0.4, 0.5) is 0 Å². The second-order valence-electron chi connectivity index (χ2n) is 6.39. The minimum absolute atomic E-state index is 0.0645. The topological polar surface area (TPSA) is 61.4 Å². The molecule has 4 heteroatoms. The molecule has 0 aromatic carbocycles. The molecule has 1 aliphatic carbocycles. The number of nitrogens with one attached hydrogen (secondary N) is 2. The van der Waals surface area contributed by atoms with Crippen molar-refractivity contribution in [3.05, 3.63) is 0 Å². The molecule has 2 fully saturated rings. The standard InChI is InChI=1S/C14H26N2O2/c1-10-4-3-5-14(18,6-10)9-16-13(17)12-8-15-7-11(12)2/h10-12,15,18H,3-9H2,1-2H3,(H,16,17). The average Bonchev–Trinajstić information content (AvgIpc) is 2.72. The van der Waals surface area contributed by atoms with Gasteiger partial charge in [-0.1, -0.05) is 26.7 Å². The summed E-state index contributed by atoms with van der Waals surface area (Å²) in [6, 6.07) is 0. The fraction of sp³-hybridized carbons (Fsp3) is 0.929. The lowest BCUT2D eigenvalue weighted by Gasteiger charge is -2.36. The van der Waals surface area contributed by atoms with Crippen molar-refractivity contribution in [1.82, 2.24) is 10.6 Å². The van der Waals surface area contributed by atoms with E-state index in [1.807, 2.05) is 0 Å². The summed E-state index contributed by atoms with van der Waals surface area (Å²) in [6.45, 7) is 6.37. The van der Waals surface area contributed by atoms with Gasteiger partial charge in [-0.05, 0) is 31.2 Å². The molecule has 4 nitrogen and oxygen atoms in total. The maximum atomic E-state index is 12.1. The maximum Gasteiger partial charge on any atom is 0.224 e. The number of hydrogen-bond acceptors (Lipinski definition) is 3. The molecule has 18 heavy (non-hydrogen) atoms. The summed E-state index contributed by atoms with van der Waals surface area (Å²) < 4.78 is 0. The zero-order valence-corrected chi connectivity index (χ0v) is 11.5. The Hall–Kier alpha value is -0.610. The number of amides is 1. The summed E-state index contributed by atoms with van der Waals surface area (Å²) in [6.07, 6.45) is 3.89. The molecule has 1 amide bonds. The van der Waals surface area contributed by atoms with Crippen molar-refractivity contribution < 1.29 is 9.90 Å². The monoisotopic (exact) mass is 254 g/mol. The molecule has 0 bridgehead atoms. The molecule has 1 heterocycles. The lowest BCUT2D eigenvalue weighted by atomic mass is 9.79. The van der Waals surface area contributed by atoms with Crippen molar-refractivity contribution in [2.24, 2.45) is 17.8 Å². The fourth-order valence-corrected chi connectivity index (χ4v) is 3.34. The van der Waals surface area contributed by atoms with Crippen molar-refractivity contribution in [1.29, 1.82) is 0 Å². The Kier molecular flexibility index (Phi) is 4.28. The fourth-order valence-electron chi connectivity index (χ4n) is 3.34. The van der Waals surface area contributed by atoms with Gasteiger partial charge in [0.25, 0.3) is 0 Å². The zero-order valence-electron chi connectivity index (χ0n) is 11.5. The van der Waals surface area contributed by atoms with Crippen LogP contribution in [-0.4, -0.2) is 36.2 Å². The van der Waals surface area contributed by atoms with Gasteiger partial charge in [0.05, 0.1) is 11.5 Å². The van der Waals surface area contributed by atoms with Crippen LogP contribution in [0.3, 0.4) is 0 Å². The highest BCUT2D eigenvalue weighted by atomic mass is 16.3. The van der Waals surface area contributed by atoms with E-state index in [9.17, 15) is 9.90 Å². The molecule has 0 radical (unpaired) electrons. The second-order valence-corrected chi connectivity index (χ2v) is 6.39. The van der Waals surface area contributed by atoms with E-state index >= 15 is 0 Å². The Bertz CT molecular complexity index is 308. The van der Waals surface area contributed by atoms with Crippen molar-refractivity contribution >= 4 is 5.91 Å². The minimum Gasteiger partial charge on any atom is -0.388 e. The summed E-state index contributed by atoms with van der Waals surface area (Å²) in [5.74, 6) is 1.12. The van der Waals surface area contributed by atoms with E-state index in [0.29, 0.717) is 18.4 Å². The Morgan fingerprint density at radius 2 is 2.22 bits per heavy atom. The van der Waals surface area contributed by atoms with Crippen LogP contribution in [0.5, 0.6) is 0 Å². The first-order valence-corrected chi connectivity index (χ1v) is 7.21. The first-order chi connectivity index (χ1) is 8.50. The maximum absolute atomic E-state index is 12.1. The van der Waals surface area contributed by atoms with Crippen molar-refractivity contribution in [3.63, 3.8) is 0 Å². The molecule has 0 spiro atoms. The van der Waals surface area contributed by atoms with Crippen LogP contribution in [-0.2, 0) is 4.79 Å². The molecule has 2 rings (SSSR count). The Labute approximate surface area is 110 Å². The molecule has 1 saturated heterocycles. The number of carbonyl (C=O) groups excluding carboxylic acids is 1. The van der Waals surface area contributed by atoms with Gasteiger partial charge in [0, 0.05) is 13.1 Å². The van der Waals surface area contributed by atoms with Gasteiger partial charge in [-0.25, -0.2) is 0 Å². The van der Waals surface area contributed by atoms with Crippen molar-refractivity contribution in [2.45, 2.75) is 45.1 Å². The van der Waals surface area contributed by atoms with Gasteiger partial charge in [-0.15, -0.1) is 0 Å². The van der Waals surface area contributed by atoms with Crippen LogP contribution < -0.4 is 10.6 Å². The first-order valence-electron chi connectivity index (χ1n) is 7.21. The van der Waals surface area contributed by atoms with E-state index in [4.69, 9.17) is 0 Å². The highest BCUT2D eigenvalue weighted by molar-refractivity contribution is 5.79. The smallest absolute Gasteiger partial charge is 0.224 e. The van der Waals surface area contributed by atoms with Gasteiger partial charge in [-0.3, -0.25) is 4.79 Å². The third kappa shape index (κ3) is 3.23. The predicted octanol–water partition coefficient (Wildman–Crippen LogP) is 0.899. The molecular weight excluding hydrogens is 228 g/mol. The van der Waals surface area contributed by atoms with Crippen LogP contribution in [0.2, 0.25) is 0 Å². The van der Waals surface area contributed by atoms with Gasteiger partial charge in [-0.2, -0.15) is 0 Å². The number of hydrogen-bond donors (Lipinski definition) is 3.